The number of aryl methyl sites for hydroxylation is 1. The fourth-order valence-electron chi connectivity index (χ4n) is 4.57. The van der Waals surface area contributed by atoms with E-state index in [0.717, 1.165) is 18.7 Å². The van der Waals surface area contributed by atoms with Gasteiger partial charge in [-0.25, -0.2) is 8.42 Å². The van der Waals surface area contributed by atoms with Gasteiger partial charge in [0, 0.05) is 45.0 Å². The highest BCUT2D eigenvalue weighted by Crippen LogP contribution is 2.31. The molecular formula is C24H31N3O4S. The van der Waals surface area contributed by atoms with Gasteiger partial charge in [0.2, 0.25) is 15.9 Å². The van der Waals surface area contributed by atoms with Gasteiger partial charge in [-0.1, -0.05) is 24.3 Å². The number of hydrogen-bond donors (Lipinski definition) is 0. The average molecular weight is 458 g/mol. The van der Waals surface area contributed by atoms with E-state index < -0.39 is 10.0 Å². The summed E-state index contributed by atoms with van der Waals surface area (Å²) >= 11 is 0. The molecule has 32 heavy (non-hydrogen) atoms. The van der Waals surface area contributed by atoms with E-state index in [9.17, 15) is 13.2 Å². The SMILES string of the molecule is COc1ccc(C)cc1S(=O)(=O)N1CCC[C@@H](C(=O)N2CCN(c3ccccc3)CC2)C1. The van der Waals surface area contributed by atoms with E-state index >= 15 is 0 Å². The summed E-state index contributed by atoms with van der Waals surface area (Å²) in [5, 5.41) is 0. The van der Waals surface area contributed by atoms with Crippen molar-refractivity contribution < 1.29 is 17.9 Å². The second-order valence-corrected chi connectivity index (χ2v) is 10.4. The molecule has 2 saturated heterocycles. The van der Waals surface area contributed by atoms with E-state index in [4.69, 9.17) is 4.74 Å². The number of anilines is 1. The molecule has 0 saturated carbocycles. The second-order valence-electron chi connectivity index (χ2n) is 8.50. The molecule has 4 rings (SSSR count). The van der Waals surface area contributed by atoms with Crippen LogP contribution < -0.4 is 9.64 Å². The van der Waals surface area contributed by atoms with E-state index in [1.807, 2.05) is 36.1 Å². The Morgan fingerprint density at radius 1 is 1.00 bits per heavy atom. The van der Waals surface area contributed by atoms with Gasteiger partial charge in [-0.2, -0.15) is 4.31 Å². The molecule has 2 aliphatic heterocycles. The van der Waals surface area contributed by atoms with Crippen LogP contribution in [0.15, 0.2) is 53.4 Å². The summed E-state index contributed by atoms with van der Waals surface area (Å²) < 4.78 is 33.5. The molecule has 0 bridgehead atoms. The van der Waals surface area contributed by atoms with Crippen molar-refractivity contribution in [2.45, 2.75) is 24.7 Å². The molecule has 7 nitrogen and oxygen atoms in total. The zero-order valence-electron chi connectivity index (χ0n) is 18.7. The van der Waals surface area contributed by atoms with E-state index in [0.29, 0.717) is 38.2 Å². The van der Waals surface area contributed by atoms with Crippen LogP contribution in [0.25, 0.3) is 0 Å². The summed E-state index contributed by atoms with van der Waals surface area (Å²) in [5.41, 5.74) is 2.02. The number of carbonyl (C=O) groups is 1. The molecule has 0 radical (unpaired) electrons. The number of amides is 1. The maximum absolute atomic E-state index is 13.4. The van der Waals surface area contributed by atoms with Gasteiger partial charge in [-0.3, -0.25) is 4.79 Å². The maximum atomic E-state index is 13.4. The van der Waals surface area contributed by atoms with Gasteiger partial charge in [0.15, 0.2) is 0 Å². The summed E-state index contributed by atoms with van der Waals surface area (Å²) in [4.78, 5) is 17.6. The number of ether oxygens (including phenoxy) is 1. The summed E-state index contributed by atoms with van der Waals surface area (Å²) in [5.74, 6) is 0.0903. The Labute approximate surface area is 190 Å². The predicted molar refractivity (Wildman–Crippen MR) is 124 cm³/mol. The summed E-state index contributed by atoms with van der Waals surface area (Å²) in [6.45, 7) is 5.37. The molecule has 172 valence electrons. The van der Waals surface area contributed by atoms with Crippen LogP contribution in [0, 0.1) is 12.8 Å². The van der Waals surface area contributed by atoms with E-state index in [2.05, 4.69) is 17.0 Å². The number of benzene rings is 2. The van der Waals surface area contributed by atoms with Gasteiger partial charge < -0.3 is 14.5 Å². The fraction of sp³-hybridized carbons (Fsp3) is 0.458. The number of rotatable bonds is 5. The molecular weight excluding hydrogens is 426 g/mol. The topological polar surface area (TPSA) is 70.2 Å². The van der Waals surface area contributed by atoms with Crippen molar-refractivity contribution >= 4 is 21.6 Å². The Bertz CT molecular complexity index is 1050. The molecule has 0 aliphatic carbocycles. The van der Waals surface area contributed by atoms with Crippen LogP contribution in [0.4, 0.5) is 5.69 Å². The van der Waals surface area contributed by atoms with Crippen LogP contribution in [0.5, 0.6) is 5.75 Å². The predicted octanol–water partition coefficient (Wildman–Crippen LogP) is 2.75. The lowest BCUT2D eigenvalue weighted by atomic mass is 9.97. The van der Waals surface area contributed by atoms with Crippen LogP contribution in [-0.2, 0) is 14.8 Å². The molecule has 1 amide bonds. The van der Waals surface area contributed by atoms with Gasteiger partial charge in [-0.05, 0) is 49.6 Å². The quantitative estimate of drug-likeness (QED) is 0.691. The zero-order valence-corrected chi connectivity index (χ0v) is 19.6. The number of sulfonamides is 1. The molecule has 2 aliphatic rings. The first-order chi connectivity index (χ1) is 15.4. The Kier molecular flexibility index (Phi) is 6.71. The normalized spacial score (nSPS) is 20.2. The highest BCUT2D eigenvalue weighted by atomic mass is 32.2. The number of nitrogens with zero attached hydrogens (tertiary/aromatic N) is 3. The van der Waals surface area contributed by atoms with Crippen LogP contribution in [-0.4, -0.2) is 69.9 Å². The largest absolute Gasteiger partial charge is 0.495 e. The van der Waals surface area contributed by atoms with Gasteiger partial charge in [0.05, 0.1) is 13.0 Å². The van der Waals surface area contributed by atoms with E-state index in [1.165, 1.54) is 17.1 Å². The lowest BCUT2D eigenvalue weighted by Crippen LogP contribution is -2.53. The average Bonchev–Trinajstić information content (AvgIpc) is 2.84. The van der Waals surface area contributed by atoms with Crippen molar-refractivity contribution in [2.24, 2.45) is 5.92 Å². The zero-order chi connectivity index (χ0) is 22.7. The van der Waals surface area contributed by atoms with Crippen molar-refractivity contribution in [3.63, 3.8) is 0 Å². The first-order valence-electron chi connectivity index (χ1n) is 11.1. The number of piperazine rings is 1. The van der Waals surface area contributed by atoms with Crippen LogP contribution in [0.1, 0.15) is 18.4 Å². The summed E-state index contributed by atoms with van der Waals surface area (Å²) in [6.07, 6.45) is 1.39. The van der Waals surface area contributed by atoms with Crippen molar-refractivity contribution in [2.75, 3.05) is 51.3 Å². The molecule has 2 aromatic carbocycles. The third-order valence-electron chi connectivity index (χ3n) is 6.38. The minimum atomic E-state index is -3.74. The number of hydrogen-bond acceptors (Lipinski definition) is 5. The Morgan fingerprint density at radius 3 is 2.41 bits per heavy atom. The smallest absolute Gasteiger partial charge is 0.246 e. The van der Waals surface area contributed by atoms with Gasteiger partial charge in [0.25, 0.3) is 0 Å². The summed E-state index contributed by atoms with van der Waals surface area (Å²) in [6, 6.07) is 15.4. The molecule has 0 spiro atoms. The number of methoxy groups -OCH3 is 1. The standard InChI is InChI=1S/C24H31N3O4S/c1-19-10-11-22(31-2)23(17-19)32(29,30)27-12-6-7-20(18-27)24(28)26-15-13-25(14-16-26)21-8-4-3-5-9-21/h3-5,8-11,17,20H,6-7,12-16,18H2,1-2H3/t20-/m1/s1. The number of piperidine rings is 1. The first kappa shape index (κ1) is 22.6. The van der Waals surface area contributed by atoms with Crippen molar-refractivity contribution in [3.8, 4) is 5.75 Å². The first-order valence-corrected chi connectivity index (χ1v) is 12.6. The molecule has 0 N–H and O–H groups in total. The molecule has 1 atom stereocenters. The Hall–Kier alpha value is -2.58. The third-order valence-corrected chi connectivity index (χ3v) is 8.27. The molecule has 2 heterocycles. The Balaban J connectivity index is 1.43. The molecule has 8 heteroatoms. The maximum Gasteiger partial charge on any atom is 0.246 e. The number of carbonyl (C=O) groups excluding carboxylic acids is 1. The Morgan fingerprint density at radius 2 is 1.72 bits per heavy atom. The molecule has 2 aromatic rings. The highest BCUT2D eigenvalue weighted by Gasteiger charge is 2.37. The monoisotopic (exact) mass is 457 g/mol. The van der Waals surface area contributed by atoms with Crippen molar-refractivity contribution in [3.05, 3.63) is 54.1 Å². The van der Waals surface area contributed by atoms with Crippen molar-refractivity contribution in [1.29, 1.82) is 0 Å². The second kappa shape index (κ2) is 9.50. The lowest BCUT2D eigenvalue weighted by Gasteiger charge is -2.39. The molecule has 0 unspecified atom stereocenters. The van der Waals surface area contributed by atoms with Gasteiger partial charge in [-0.15, -0.1) is 0 Å². The van der Waals surface area contributed by atoms with E-state index in [1.54, 1.807) is 12.1 Å². The third kappa shape index (κ3) is 4.61. The van der Waals surface area contributed by atoms with Crippen LogP contribution >= 0.6 is 0 Å². The highest BCUT2D eigenvalue weighted by molar-refractivity contribution is 7.89. The fourth-order valence-corrected chi connectivity index (χ4v) is 6.33. The lowest BCUT2D eigenvalue weighted by molar-refractivity contribution is -0.137. The van der Waals surface area contributed by atoms with E-state index in [-0.39, 0.29) is 23.3 Å². The summed E-state index contributed by atoms with van der Waals surface area (Å²) in [7, 11) is -2.27. The van der Waals surface area contributed by atoms with Crippen molar-refractivity contribution in [1.82, 2.24) is 9.21 Å². The van der Waals surface area contributed by atoms with Crippen LogP contribution in [0.2, 0.25) is 0 Å². The molecule has 0 aromatic heterocycles. The van der Waals surface area contributed by atoms with Gasteiger partial charge in [0.1, 0.15) is 10.6 Å². The minimum absolute atomic E-state index is 0.0637. The van der Waals surface area contributed by atoms with Crippen LogP contribution in [0.3, 0.4) is 0 Å². The molecule has 2 fully saturated rings. The van der Waals surface area contributed by atoms with Gasteiger partial charge >= 0.3 is 0 Å². The minimum Gasteiger partial charge on any atom is -0.495 e. The number of para-hydroxylation sites is 1.